The molecule has 0 amide bonds. The van der Waals surface area contributed by atoms with Crippen LogP contribution in [0.2, 0.25) is 0 Å². The second kappa shape index (κ2) is 7.74. The predicted molar refractivity (Wildman–Crippen MR) is 87.3 cm³/mol. The number of hydrogen-bond acceptors (Lipinski definition) is 1. The van der Waals surface area contributed by atoms with Crippen molar-refractivity contribution in [2.24, 2.45) is 5.92 Å². The average molecular weight is 410 g/mol. The molecule has 1 N–H and O–H groups in total. The van der Waals surface area contributed by atoms with E-state index < -0.39 is 0 Å². The molecule has 1 aromatic carbocycles. The van der Waals surface area contributed by atoms with E-state index in [1.807, 2.05) is 0 Å². The van der Waals surface area contributed by atoms with Crippen molar-refractivity contribution in [3.05, 3.63) is 31.8 Å². The molecular formula is C14H21BrIN. The van der Waals surface area contributed by atoms with Crippen LogP contribution in [0.3, 0.4) is 0 Å². The van der Waals surface area contributed by atoms with Crippen molar-refractivity contribution in [1.82, 2.24) is 5.32 Å². The lowest BCUT2D eigenvalue weighted by Crippen LogP contribution is -2.17. The molecule has 17 heavy (non-hydrogen) atoms. The Kier molecular flexibility index (Phi) is 7.04. The topological polar surface area (TPSA) is 12.0 Å². The van der Waals surface area contributed by atoms with Crippen molar-refractivity contribution in [3.63, 3.8) is 0 Å². The predicted octanol–water partition coefficient (Wildman–Crippen LogP) is 5.14. The van der Waals surface area contributed by atoms with Gasteiger partial charge in [-0.25, -0.2) is 0 Å². The highest BCUT2D eigenvalue weighted by Crippen LogP contribution is 2.27. The molecule has 0 spiro atoms. The Morgan fingerprint density at radius 2 is 2.00 bits per heavy atom. The lowest BCUT2D eigenvalue weighted by atomic mass is 9.98. The Bertz CT molecular complexity index is 352. The third kappa shape index (κ3) is 5.26. The van der Waals surface area contributed by atoms with E-state index in [4.69, 9.17) is 0 Å². The Hall–Kier alpha value is 0.390. The highest BCUT2D eigenvalue weighted by atomic mass is 127. The lowest BCUT2D eigenvalue weighted by molar-refractivity contribution is 0.469. The first-order valence-corrected chi connectivity index (χ1v) is 8.04. The molecule has 0 bridgehead atoms. The van der Waals surface area contributed by atoms with Crippen molar-refractivity contribution >= 4 is 38.5 Å². The Morgan fingerprint density at radius 1 is 1.29 bits per heavy atom. The van der Waals surface area contributed by atoms with Crippen LogP contribution in [0.4, 0.5) is 0 Å². The minimum Gasteiger partial charge on any atom is -0.313 e. The largest absolute Gasteiger partial charge is 0.313 e. The first kappa shape index (κ1) is 15.4. The minimum atomic E-state index is 0.471. The van der Waals surface area contributed by atoms with Gasteiger partial charge in [-0.2, -0.15) is 0 Å². The molecule has 0 saturated carbocycles. The van der Waals surface area contributed by atoms with Gasteiger partial charge in [0.1, 0.15) is 0 Å². The van der Waals surface area contributed by atoms with Gasteiger partial charge in [0.15, 0.2) is 0 Å². The minimum absolute atomic E-state index is 0.471. The molecule has 0 saturated heterocycles. The molecule has 0 aliphatic heterocycles. The van der Waals surface area contributed by atoms with E-state index in [1.165, 1.54) is 28.4 Å². The Labute approximate surface area is 127 Å². The molecule has 1 rings (SSSR count). The maximum Gasteiger partial charge on any atom is 0.0328 e. The van der Waals surface area contributed by atoms with Crippen LogP contribution in [0.5, 0.6) is 0 Å². The van der Waals surface area contributed by atoms with Crippen LogP contribution >= 0.6 is 38.5 Å². The van der Waals surface area contributed by atoms with E-state index in [-0.39, 0.29) is 0 Å². The summed E-state index contributed by atoms with van der Waals surface area (Å²) >= 11 is 5.97. The third-order valence-corrected chi connectivity index (χ3v) is 4.43. The molecule has 0 aliphatic rings. The molecule has 1 nitrogen and oxygen atoms in total. The van der Waals surface area contributed by atoms with Gasteiger partial charge in [0.25, 0.3) is 0 Å². The van der Waals surface area contributed by atoms with E-state index in [1.54, 1.807) is 0 Å². The number of rotatable bonds is 6. The van der Waals surface area contributed by atoms with Crippen LogP contribution in [0.1, 0.15) is 44.7 Å². The standard InChI is InChI=1S/C14H21BrIN/c1-10(2)5-4-6-14(17-3)12-9-11(15)7-8-13(12)16/h7-10,14,17H,4-6H2,1-3H3. The highest BCUT2D eigenvalue weighted by Gasteiger charge is 2.12. The van der Waals surface area contributed by atoms with Crippen LogP contribution < -0.4 is 5.32 Å². The summed E-state index contributed by atoms with van der Waals surface area (Å²) in [6.07, 6.45) is 3.80. The molecule has 0 aromatic heterocycles. The maximum atomic E-state index is 3.55. The molecule has 0 aliphatic carbocycles. The summed E-state index contributed by atoms with van der Waals surface area (Å²) in [6.45, 7) is 4.58. The van der Waals surface area contributed by atoms with E-state index >= 15 is 0 Å². The van der Waals surface area contributed by atoms with Gasteiger partial charge in [0.2, 0.25) is 0 Å². The summed E-state index contributed by atoms with van der Waals surface area (Å²) in [5.74, 6) is 0.800. The SMILES string of the molecule is CNC(CCCC(C)C)c1cc(Br)ccc1I. The summed E-state index contributed by atoms with van der Waals surface area (Å²) in [4.78, 5) is 0. The normalized spacial score (nSPS) is 13.1. The fraction of sp³-hybridized carbons (Fsp3) is 0.571. The van der Waals surface area contributed by atoms with Crippen LogP contribution in [-0.4, -0.2) is 7.05 Å². The zero-order valence-corrected chi connectivity index (χ0v) is 14.5. The number of hydrogen-bond donors (Lipinski definition) is 1. The van der Waals surface area contributed by atoms with Crippen molar-refractivity contribution in [2.75, 3.05) is 7.05 Å². The summed E-state index contributed by atoms with van der Waals surface area (Å²) in [6, 6.07) is 6.98. The van der Waals surface area contributed by atoms with Gasteiger partial charge in [0, 0.05) is 14.1 Å². The first-order valence-electron chi connectivity index (χ1n) is 6.16. The molecular weight excluding hydrogens is 389 g/mol. The van der Waals surface area contributed by atoms with Gasteiger partial charge in [0.05, 0.1) is 0 Å². The molecule has 1 atom stereocenters. The van der Waals surface area contributed by atoms with E-state index in [2.05, 4.69) is 82.9 Å². The second-order valence-corrected chi connectivity index (χ2v) is 6.91. The fourth-order valence-corrected chi connectivity index (χ4v) is 3.06. The smallest absolute Gasteiger partial charge is 0.0328 e. The monoisotopic (exact) mass is 409 g/mol. The number of benzene rings is 1. The third-order valence-electron chi connectivity index (χ3n) is 2.96. The molecule has 0 heterocycles. The first-order chi connectivity index (χ1) is 8.04. The molecule has 3 heteroatoms. The average Bonchev–Trinajstić information content (AvgIpc) is 2.28. The van der Waals surface area contributed by atoms with Gasteiger partial charge in [-0.3, -0.25) is 0 Å². The van der Waals surface area contributed by atoms with Crippen molar-refractivity contribution in [1.29, 1.82) is 0 Å². The molecule has 0 fully saturated rings. The van der Waals surface area contributed by atoms with Crippen molar-refractivity contribution < 1.29 is 0 Å². The van der Waals surface area contributed by atoms with Gasteiger partial charge in [-0.05, 0) is 65.7 Å². The maximum absolute atomic E-state index is 3.55. The van der Waals surface area contributed by atoms with Crippen LogP contribution in [0.25, 0.3) is 0 Å². The zero-order valence-electron chi connectivity index (χ0n) is 10.8. The van der Waals surface area contributed by atoms with Gasteiger partial charge in [-0.15, -0.1) is 0 Å². The molecule has 1 unspecified atom stereocenters. The summed E-state index contributed by atoms with van der Waals surface area (Å²) in [5.41, 5.74) is 1.41. The van der Waals surface area contributed by atoms with Crippen LogP contribution in [0.15, 0.2) is 22.7 Å². The zero-order chi connectivity index (χ0) is 12.8. The Balaban J connectivity index is 2.68. The van der Waals surface area contributed by atoms with Crippen LogP contribution in [0, 0.1) is 9.49 Å². The molecule has 0 radical (unpaired) electrons. The highest BCUT2D eigenvalue weighted by molar-refractivity contribution is 14.1. The quantitative estimate of drug-likeness (QED) is 0.641. The second-order valence-electron chi connectivity index (χ2n) is 4.83. The van der Waals surface area contributed by atoms with Crippen LogP contribution in [-0.2, 0) is 0 Å². The van der Waals surface area contributed by atoms with Crippen molar-refractivity contribution in [2.45, 2.75) is 39.2 Å². The summed E-state index contributed by atoms with van der Waals surface area (Å²) in [7, 11) is 2.05. The number of halogens is 2. The van der Waals surface area contributed by atoms with Gasteiger partial charge < -0.3 is 5.32 Å². The summed E-state index contributed by atoms with van der Waals surface area (Å²) in [5, 5.41) is 3.43. The summed E-state index contributed by atoms with van der Waals surface area (Å²) < 4.78 is 2.51. The van der Waals surface area contributed by atoms with E-state index in [0.717, 1.165) is 10.4 Å². The Morgan fingerprint density at radius 3 is 2.59 bits per heavy atom. The lowest BCUT2D eigenvalue weighted by Gasteiger charge is -2.19. The van der Waals surface area contributed by atoms with E-state index in [9.17, 15) is 0 Å². The van der Waals surface area contributed by atoms with Gasteiger partial charge >= 0.3 is 0 Å². The molecule has 96 valence electrons. The fourth-order valence-electron chi connectivity index (χ4n) is 1.97. The van der Waals surface area contributed by atoms with Crippen molar-refractivity contribution in [3.8, 4) is 0 Å². The van der Waals surface area contributed by atoms with E-state index in [0.29, 0.717) is 6.04 Å². The number of nitrogens with one attached hydrogen (secondary N) is 1. The molecule has 1 aromatic rings. The van der Waals surface area contributed by atoms with Gasteiger partial charge in [-0.1, -0.05) is 42.6 Å².